The molecule has 0 bridgehead atoms. The largest absolute Gasteiger partial charge is 0.465 e. The van der Waals surface area contributed by atoms with E-state index in [4.69, 9.17) is 4.74 Å². The van der Waals surface area contributed by atoms with Crippen LogP contribution in [0, 0.1) is 0 Å². The van der Waals surface area contributed by atoms with Crippen LogP contribution >= 0.6 is 0 Å². The average Bonchev–Trinajstić information content (AvgIpc) is 2.52. The van der Waals surface area contributed by atoms with Crippen molar-refractivity contribution >= 4 is 34.0 Å². The zero-order chi connectivity index (χ0) is 15.1. The smallest absolute Gasteiger partial charge is 0.325 e. The van der Waals surface area contributed by atoms with Crippen LogP contribution in [0.15, 0.2) is 30.6 Å². The minimum atomic E-state index is -0.201. The summed E-state index contributed by atoms with van der Waals surface area (Å²) in [6.07, 6.45) is 3.62. The van der Waals surface area contributed by atoms with E-state index in [2.05, 4.69) is 16.0 Å². The number of aromatic nitrogens is 2. The Balaban J connectivity index is 1.87. The van der Waals surface area contributed by atoms with Crippen molar-refractivity contribution in [3.05, 3.63) is 41.4 Å². The Bertz CT molecular complexity index is 920. The predicted octanol–water partition coefficient (Wildman–Crippen LogP) is 1.62. The van der Waals surface area contributed by atoms with Gasteiger partial charge in [-0.15, -0.1) is 0 Å². The third-order valence-electron chi connectivity index (χ3n) is 3.96. The van der Waals surface area contributed by atoms with Crippen LogP contribution in [0.2, 0.25) is 0 Å². The number of esters is 1. The van der Waals surface area contributed by atoms with Crippen LogP contribution in [0.3, 0.4) is 0 Å². The first kappa shape index (κ1) is 13.0. The minimum absolute atomic E-state index is 0.201. The van der Waals surface area contributed by atoms with Gasteiger partial charge < -0.3 is 9.64 Å². The highest BCUT2D eigenvalue weighted by Crippen LogP contribution is 2.26. The first-order chi connectivity index (χ1) is 10.8. The van der Waals surface area contributed by atoms with Crippen molar-refractivity contribution in [2.45, 2.75) is 13.5 Å². The summed E-state index contributed by atoms with van der Waals surface area (Å²) in [6.45, 7) is 3.18. The number of nitrogens with zero attached hydrogens (tertiary/aromatic N) is 3. The molecule has 1 aliphatic rings. The van der Waals surface area contributed by atoms with Gasteiger partial charge in [-0.1, -0.05) is 12.1 Å². The second-order valence-electron chi connectivity index (χ2n) is 5.38. The van der Waals surface area contributed by atoms with Crippen LogP contribution in [0.5, 0.6) is 0 Å². The van der Waals surface area contributed by atoms with Gasteiger partial charge in [0, 0.05) is 18.1 Å². The summed E-state index contributed by atoms with van der Waals surface area (Å²) in [5.74, 6) is -0.201. The fourth-order valence-electron chi connectivity index (χ4n) is 3.10. The van der Waals surface area contributed by atoms with E-state index in [0.29, 0.717) is 13.2 Å². The lowest BCUT2D eigenvalue weighted by molar-refractivity contribution is -0.143. The van der Waals surface area contributed by atoms with Crippen molar-refractivity contribution in [3.63, 3.8) is 0 Å². The Morgan fingerprint density at radius 3 is 2.73 bits per heavy atom. The summed E-state index contributed by atoms with van der Waals surface area (Å²) < 4.78 is 5.04. The number of carbonyl (C=O) groups excluding carboxylic acids is 1. The summed E-state index contributed by atoms with van der Waals surface area (Å²) in [5, 5.41) is 3.39. The Labute approximate surface area is 127 Å². The van der Waals surface area contributed by atoms with E-state index < -0.39 is 0 Å². The zero-order valence-corrected chi connectivity index (χ0v) is 12.2. The molecule has 0 saturated heterocycles. The molecule has 0 fully saturated rings. The lowest BCUT2D eigenvalue weighted by Crippen LogP contribution is -2.31. The van der Waals surface area contributed by atoms with Gasteiger partial charge in [0.25, 0.3) is 0 Å². The van der Waals surface area contributed by atoms with E-state index in [-0.39, 0.29) is 12.5 Å². The number of hydrogen-bond acceptors (Lipinski definition) is 5. The van der Waals surface area contributed by atoms with Crippen molar-refractivity contribution in [3.8, 4) is 0 Å². The highest BCUT2D eigenvalue weighted by atomic mass is 16.5. The molecule has 5 nitrogen and oxygen atoms in total. The molecule has 1 aromatic heterocycles. The molecule has 0 radical (unpaired) electrons. The lowest BCUT2D eigenvalue weighted by Gasteiger charge is -2.25. The number of benzene rings is 2. The molecular formula is C17H15N3O2. The summed E-state index contributed by atoms with van der Waals surface area (Å²) in [5.41, 5.74) is 3.10. The lowest BCUT2D eigenvalue weighted by atomic mass is 9.98. The minimum Gasteiger partial charge on any atom is -0.465 e. The molecule has 110 valence electrons. The standard InChI is InChI=1S/C17H15N3O2/c1-2-22-15(21)9-20-7-11-3-5-13-17-14(19-10-18-13)6-4-12(8-20)16(11)17/h3-7,10H,2,8-9H2,1H3. The summed E-state index contributed by atoms with van der Waals surface area (Å²) >= 11 is 0. The highest BCUT2D eigenvalue weighted by molar-refractivity contribution is 6.08. The number of carbonyl (C=O) groups is 1. The van der Waals surface area contributed by atoms with Gasteiger partial charge in [-0.25, -0.2) is 9.97 Å². The van der Waals surface area contributed by atoms with Crippen molar-refractivity contribution in [1.29, 1.82) is 0 Å². The molecule has 0 N–H and O–H groups in total. The van der Waals surface area contributed by atoms with Crippen molar-refractivity contribution in [2.24, 2.45) is 0 Å². The van der Waals surface area contributed by atoms with E-state index in [1.807, 2.05) is 36.2 Å². The third-order valence-corrected chi connectivity index (χ3v) is 3.96. The fraction of sp³-hybridized carbons (Fsp3) is 0.235. The SMILES string of the molecule is CCOC(=O)CN1C=c2ccc3ncnc4ccc(c2c43)C1. The summed E-state index contributed by atoms with van der Waals surface area (Å²) in [4.78, 5) is 22.4. The van der Waals surface area contributed by atoms with Crippen LogP contribution in [0.4, 0.5) is 0 Å². The van der Waals surface area contributed by atoms with Crippen LogP contribution < -0.4 is 5.22 Å². The quantitative estimate of drug-likeness (QED) is 0.687. The van der Waals surface area contributed by atoms with Gasteiger partial charge in [-0.3, -0.25) is 4.79 Å². The van der Waals surface area contributed by atoms with Gasteiger partial charge >= 0.3 is 5.97 Å². The monoisotopic (exact) mass is 293 g/mol. The molecule has 22 heavy (non-hydrogen) atoms. The Morgan fingerprint density at radius 2 is 1.95 bits per heavy atom. The fourth-order valence-corrected chi connectivity index (χ4v) is 3.10. The van der Waals surface area contributed by atoms with Gasteiger partial charge in [0.15, 0.2) is 0 Å². The van der Waals surface area contributed by atoms with E-state index in [0.717, 1.165) is 21.6 Å². The molecule has 2 aromatic carbocycles. The molecule has 3 aromatic rings. The molecule has 0 saturated carbocycles. The van der Waals surface area contributed by atoms with Gasteiger partial charge in [-0.2, -0.15) is 0 Å². The molecular weight excluding hydrogens is 278 g/mol. The first-order valence-corrected chi connectivity index (χ1v) is 7.33. The van der Waals surface area contributed by atoms with Gasteiger partial charge in [0.2, 0.25) is 0 Å². The Hall–Kier alpha value is -2.69. The van der Waals surface area contributed by atoms with Crippen LogP contribution in [-0.4, -0.2) is 34.0 Å². The van der Waals surface area contributed by atoms with E-state index >= 15 is 0 Å². The van der Waals surface area contributed by atoms with Gasteiger partial charge in [-0.05, 0) is 35.2 Å². The molecule has 0 spiro atoms. The van der Waals surface area contributed by atoms with Crippen LogP contribution in [0.1, 0.15) is 12.5 Å². The molecule has 2 heterocycles. The van der Waals surface area contributed by atoms with E-state index in [1.54, 1.807) is 6.33 Å². The average molecular weight is 293 g/mol. The van der Waals surface area contributed by atoms with E-state index in [9.17, 15) is 4.79 Å². The summed E-state index contributed by atoms with van der Waals surface area (Å²) in [6, 6.07) is 8.15. The van der Waals surface area contributed by atoms with E-state index in [1.165, 1.54) is 10.9 Å². The molecule has 0 atom stereocenters. The maximum absolute atomic E-state index is 11.7. The molecule has 0 aliphatic carbocycles. The normalized spacial score (nSPS) is 13.4. The maximum Gasteiger partial charge on any atom is 0.325 e. The molecule has 4 rings (SSSR count). The van der Waals surface area contributed by atoms with Crippen molar-refractivity contribution in [2.75, 3.05) is 13.2 Å². The van der Waals surface area contributed by atoms with Crippen molar-refractivity contribution in [1.82, 2.24) is 14.9 Å². The predicted molar refractivity (Wildman–Crippen MR) is 83.8 cm³/mol. The zero-order valence-electron chi connectivity index (χ0n) is 12.2. The van der Waals surface area contributed by atoms with Crippen LogP contribution in [-0.2, 0) is 16.1 Å². The third kappa shape index (κ3) is 1.97. The van der Waals surface area contributed by atoms with Gasteiger partial charge in [0.1, 0.15) is 12.9 Å². The molecule has 5 heteroatoms. The van der Waals surface area contributed by atoms with Crippen LogP contribution in [0.25, 0.3) is 28.0 Å². The van der Waals surface area contributed by atoms with Gasteiger partial charge in [0.05, 0.1) is 17.6 Å². The Morgan fingerprint density at radius 1 is 1.18 bits per heavy atom. The second-order valence-corrected chi connectivity index (χ2v) is 5.38. The number of hydrogen-bond donors (Lipinski definition) is 0. The molecule has 0 unspecified atom stereocenters. The van der Waals surface area contributed by atoms with Crippen molar-refractivity contribution < 1.29 is 9.53 Å². The first-order valence-electron chi connectivity index (χ1n) is 7.33. The maximum atomic E-state index is 11.7. The Kier molecular flexibility index (Phi) is 2.92. The second kappa shape index (κ2) is 4.94. The summed E-state index contributed by atoms with van der Waals surface area (Å²) in [7, 11) is 0. The number of rotatable bonds is 3. The topological polar surface area (TPSA) is 55.3 Å². The number of ether oxygens (including phenoxy) is 1. The molecule has 1 aliphatic heterocycles. The molecule has 0 amide bonds. The highest BCUT2D eigenvalue weighted by Gasteiger charge is 2.17.